The molecule has 1 aromatic carbocycles. The number of amides is 1. The molecule has 1 amide bonds. The number of carbonyl (C=O) groups is 1. The van der Waals surface area contributed by atoms with Crippen molar-refractivity contribution in [1.82, 2.24) is 5.32 Å². The predicted octanol–water partition coefficient (Wildman–Crippen LogP) is 3.26. The van der Waals surface area contributed by atoms with Crippen LogP contribution in [-0.4, -0.2) is 13.0 Å². The maximum absolute atomic E-state index is 10.9. The summed E-state index contributed by atoms with van der Waals surface area (Å²) in [6.07, 6.45) is 11.9. The van der Waals surface area contributed by atoms with E-state index in [4.69, 9.17) is 0 Å². The molecule has 0 aliphatic carbocycles. The quantitative estimate of drug-likeness (QED) is 0.444. The fourth-order valence-electron chi connectivity index (χ4n) is 1.64. The van der Waals surface area contributed by atoms with Gasteiger partial charge in [0.2, 0.25) is 5.91 Å². The highest BCUT2D eigenvalue weighted by atomic mass is 16.1. The van der Waals surface area contributed by atoms with Crippen LogP contribution >= 0.6 is 0 Å². The van der Waals surface area contributed by atoms with Crippen LogP contribution in [0.3, 0.4) is 0 Å². The molecule has 96 valence electrons. The first-order chi connectivity index (χ1) is 8.83. The summed E-state index contributed by atoms with van der Waals surface area (Å²) in [5, 5.41) is 2.53. The molecule has 1 N–H and O–H groups in total. The molecule has 2 nitrogen and oxygen atoms in total. The van der Waals surface area contributed by atoms with E-state index in [1.165, 1.54) is 24.5 Å². The molecular formula is C16H21NO. The van der Waals surface area contributed by atoms with Gasteiger partial charge in [0.05, 0.1) is 0 Å². The fourth-order valence-corrected chi connectivity index (χ4v) is 1.64. The van der Waals surface area contributed by atoms with E-state index in [-0.39, 0.29) is 5.91 Å². The van der Waals surface area contributed by atoms with Gasteiger partial charge in [-0.15, -0.1) is 0 Å². The summed E-state index contributed by atoms with van der Waals surface area (Å²) >= 11 is 0. The molecule has 0 fully saturated rings. The van der Waals surface area contributed by atoms with Gasteiger partial charge in [0.1, 0.15) is 0 Å². The first-order valence-electron chi connectivity index (χ1n) is 6.42. The molecular weight excluding hydrogens is 222 g/mol. The second-order valence-corrected chi connectivity index (χ2v) is 4.13. The summed E-state index contributed by atoms with van der Waals surface area (Å²) < 4.78 is 0. The Bertz CT molecular complexity index is 393. The molecule has 0 heterocycles. The van der Waals surface area contributed by atoms with Gasteiger partial charge in [-0.05, 0) is 31.2 Å². The zero-order valence-corrected chi connectivity index (χ0v) is 10.9. The van der Waals surface area contributed by atoms with Crippen LogP contribution in [0.4, 0.5) is 0 Å². The van der Waals surface area contributed by atoms with E-state index in [2.05, 4.69) is 35.7 Å². The Morgan fingerprint density at radius 3 is 2.67 bits per heavy atom. The van der Waals surface area contributed by atoms with Gasteiger partial charge < -0.3 is 5.32 Å². The number of unbranched alkanes of at least 4 members (excludes halogenated alkanes) is 2. The number of rotatable bonds is 7. The lowest BCUT2D eigenvalue weighted by atomic mass is 10.1. The largest absolute Gasteiger partial charge is 0.356 e. The van der Waals surface area contributed by atoms with E-state index in [1.807, 2.05) is 12.1 Å². The third-order valence-electron chi connectivity index (χ3n) is 2.67. The van der Waals surface area contributed by atoms with Gasteiger partial charge >= 0.3 is 0 Å². The first-order valence-corrected chi connectivity index (χ1v) is 6.42. The maximum atomic E-state index is 10.9. The third kappa shape index (κ3) is 6.69. The molecule has 0 bridgehead atoms. The second-order valence-electron chi connectivity index (χ2n) is 4.13. The SMILES string of the molecule is CNC(=O)/C=C/C=C/CCCCc1ccccc1. The number of allylic oxidation sites excluding steroid dienone is 3. The van der Waals surface area contributed by atoms with Crippen LogP contribution in [0.2, 0.25) is 0 Å². The Balaban J connectivity index is 2.07. The molecule has 0 spiro atoms. The van der Waals surface area contributed by atoms with Crippen LogP contribution in [0, 0.1) is 0 Å². The van der Waals surface area contributed by atoms with Gasteiger partial charge in [-0.2, -0.15) is 0 Å². The van der Waals surface area contributed by atoms with Crippen molar-refractivity contribution in [3.05, 3.63) is 60.2 Å². The second kappa shape index (κ2) is 9.23. The minimum absolute atomic E-state index is 0.0660. The molecule has 18 heavy (non-hydrogen) atoms. The average Bonchev–Trinajstić information content (AvgIpc) is 2.42. The summed E-state index contributed by atoms with van der Waals surface area (Å²) in [5.74, 6) is -0.0660. The van der Waals surface area contributed by atoms with Crippen molar-refractivity contribution < 1.29 is 4.79 Å². The van der Waals surface area contributed by atoms with E-state index in [1.54, 1.807) is 13.1 Å². The number of hydrogen-bond acceptors (Lipinski definition) is 1. The lowest BCUT2D eigenvalue weighted by Gasteiger charge is -1.98. The number of nitrogens with one attached hydrogen (secondary N) is 1. The highest BCUT2D eigenvalue weighted by molar-refractivity contribution is 5.87. The van der Waals surface area contributed by atoms with Gasteiger partial charge in [-0.1, -0.05) is 48.6 Å². The number of hydrogen-bond donors (Lipinski definition) is 1. The minimum atomic E-state index is -0.0660. The molecule has 1 rings (SSSR count). The van der Waals surface area contributed by atoms with E-state index >= 15 is 0 Å². The fraction of sp³-hybridized carbons (Fsp3) is 0.312. The minimum Gasteiger partial charge on any atom is -0.356 e. The van der Waals surface area contributed by atoms with Crippen molar-refractivity contribution in [3.8, 4) is 0 Å². The predicted molar refractivity (Wildman–Crippen MR) is 76.3 cm³/mol. The lowest BCUT2D eigenvalue weighted by molar-refractivity contribution is -0.116. The highest BCUT2D eigenvalue weighted by Crippen LogP contribution is 2.06. The van der Waals surface area contributed by atoms with Gasteiger partial charge in [0, 0.05) is 13.1 Å². The average molecular weight is 243 g/mol. The van der Waals surface area contributed by atoms with Crippen molar-refractivity contribution in [2.75, 3.05) is 7.05 Å². The molecule has 0 aliphatic heterocycles. The summed E-state index contributed by atoms with van der Waals surface area (Å²) in [4.78, 5) is 10.9. The number of aryl methyl sites for hydroxylation is 1. The van der Waals surface area contributed by atoms with Crippen molar-refractivity contribution in [2.45, 2.75) is 25.7 Å². The van der Waals surface area contributed by atoms with Crippen LogP contribution in [0.15, 0.2) is 54.6 Å². The molecule has 0 saturated carbocycles. The van der Waals surface area contributed by atoms with Crippen molar-refractivity contribution in [1.29, 1.82) is 0 Å². The zero-order chi connectivity index (χ0) is 13.1. The van der Waals surface area contributed by atoms with Crippen LogP contribution in [0.25, 0.3) is 0 Å². The summed E-state index contributed by atoms with van der Waals surface area (Å²) in [6.45, 7) is 0. The van der Waals surface area contributed by atoms with Crippen molar-refractivity contribution in [3.63, 3.8) is 0 Å². The Morgan fingerprint density at radius 1 is 1.17 bits per heavy atom. The molecule has 0 aromatic heterocycles. The van der Waals surface area contributed by atoms with Crippen LogP contribution in [-0.2, 0) is 11.2 Å². The van der Waals surface area contributed by atoms with E-state index in [9.17, 15) is 4.79 Å². The molecule has 0 aliphatic rings. The molecule has 1 aromatic rings. The van der Waals surface area contributed by atoms with Crippen LogP contribution in [0.5, 0.6) is 0 Å². The maximum Gasteiger partial charge on any atom is 0.243 e. The third-order valence-corrected chi connectivity index (χ3v) is 2.67. The Kier molecular flexibility index (Phi) is 7.29. The summed E-state index contributed by atoms with van der Waals surface area (Å²) in [6, 6.07) is 10.5. The standard InChI is InChI=1S/C16H21NO/c1-17-16(18)14-10-5-3-2-4-7-11-15-12-8-6-9-13-15/h3,5-6,8-10,12-14H,2,4,7,11H2,1H3,(H,17,18)/b5-3+,14-10+. The van der Waals surface area contributed by atoms with Crippen molar-refractivity contribution in [2.24, 2.45) is 0 Å². The molecule has 0 atom stereocenters. The van der Waals surface area contributed by atoms with Crippen LogP contribution in [0.1, 0.15) is 24.8 Å². The normalized spacial score (nSPS) is 11.2. The monoisotopic (exact) mass is 243 g/mol. The van der Waals surface area contributed by atoms with Crippen LogP contribution < -0.4 is 5.32 Å². The topological polar surface area (TPSA) is 29.1 Å². The van der Waals surface area contributed by atoms with Gasteiger partial charge in [-0.25, -0.2) is 0 Å². The van der Waals surface area contributed by atoms with Gasteiger partial charge in [-0.3, -0.25) is 4.79 Å². The molecule has 0 unspecified atom stereocenters. The summed E-state index contributed by atoms with van der Waals surface area (Å²) in [5.41, 5.74) is 1.40. The zero-order valence-electron chi connectivity index (χ0n) is 10.9. The molecule has 2 heteroatoms. The Labute approximate surface area is 109 Å². The Hall–Kier alpha value is -1.83. The highest BCUT2D eigenvalue weighted by Gasteiger charge is 1.90. The number of carbonyl (C=O) groups excluding carboxylic acids is 1. The number of likely N-dealkylation sites (N-methyl/N-ethyl adjacent to an activating group) is 1. The van der Waals surface area contributed by atoms with Crippen molar-refractivity contribution >= 4 is 5.91 Å². The Morgan fingerprint density at radius 2 is 1.94 bits per heavy atom. The van der Waals surface area contributed by atoms with E-state index < -0.39 is 0 Å². The number of benzene rings is 1. The van der Waals surface area contributed by atoms with Gasteiger partial charge in [0.25, 0.3) is 0 Å². The smallest absolute Gasteiger partial charge is 0.243 e. The lowest BCUT2D eigenvalue weighted by Crippen LogP contribution is -2.13. The molecule has 0 radical (unpaired) electrons. The van der Waals surface area contributed by atoms with Gasteiger partial charge in [0.15, 0.2) is 0 Å². The molecule has 0 saturated heterocycles. The first kappa shape index (κ1) is 14.2. The summed E-state index contributed by atoms with van der Waals surface area (Å²) in [7, 11) is 1.62. The van der Waals surface area contributed by atoms with E-state index in [0.717, 1.165) is 12.8 Å². The van der Waals surface area contributed by atoms with E-state index in [0.29, 0.717) is 0 Å².